The molecule has 2 bridgehead atoms. The monoisotopic (exact) mass is 223 g/mol. The van der Waals surface area contributed by atoms with Crippen molar-refractivity contribution in [2.24, 2.45) is 23.7 Å². The van der Waals surface area contributed by atoms with Crippen LogP contribution in [0, 0.1) is 23.7 Å². The molecule has 0 saturated heterocycles. The lowest BCUT2D eigenvalue weighted by Crippen LogP contribution is -2.41. The average Bonchev–Trinajstić information content (AvgIpc) is 2.84. The van der Waals surface area contributed by atoms with E-state index in [9.17, 15) is 14.7 Å². The van der Waals surface area contributed by atoms with E-state index >= 15 is 0 Å². The van der Waals surface area contributed by atoms with Gasteiger partial charge < -0.3 is 10.4 Å². The number of hydrogen-bond acceptors (Lipinski definition) is 2. The summed E-state index contributed by atoms with van der Waals surface area (Å²) in [5.74, 6) is -1.23. The Balaban J connectivity index is 2.09. The summed E-state index contributed by atoms with van der Waals surface area (Å²) in [5, 5.41) is 11.9. The molecule has 0 aromatic carbocycles. The van der Waals surface area contributed by atoms with Crippen LogP contribution < -0.4 is 5.32 Å². The van der Waals surface area contributed by atoms with Crippen molar-refractivity contribution in [3.63, 3.8) is 0 Å². The van der Waals surface area contributed by atoms with Crippen molar-refractivity contribution in [1.82, 2.24) is 5.32 Å². The van der Waals surface area contributed by atoms with E-state index in [2.05, 4.69) is 11.9 Å². The van der Waals surface area contributed by atoms with Crippen LogP contribution in [0.5, 0.6) is 0 Å². The topological polar surface area (TPSA) is 66.4 Å². The quantitative estimate of drug-likeness (QED) is 0.700. The highest BCUT2D eigenvalue weighted by Crippen LogP contribution is 2.52. The van der Waals surface area contributed by atoms with E-state index in [-0.39, 0.29) is 23.7 Å². The summed E-state index contributed by atoms with van der Waals surface area (Å²) in [7, 11) is 0. The number of fused-ring (bicyclic) bond motifs is 2. The van der Waals surface area contributed by atoms with Gasteiger partial charge in [0.25, 0.3) is 0 Å². The molecule has 2 saturated carbocycles. The van der Waals surface area contributed by atoms with Gasteiger partial charge in [-0.25, -0.2) is 0 Å². The number of amides is 1. The van der Waals surface area contributed by atoms with Crippen molar-refractivity contribution < 1.29 is 14.7 Å². The Labute approximate surface area is 94.7 Å². The van der Waals surface area contributed by atoms with Crippen molar-refractivity contribution in [3.8, 4) is 0 Å². The molecule has 2 N–H and O–H groups in total. The molecule has 16 heavy (non-hydrogen) atoms. The van der Waals surface area contributed by atoms with Crippen molar-refractivity contribution >= 4 is 11.9 Å². The first kappa shape index (κ1) is 11.2. The summed E-state index contributed by atoms with van der Waals surface area (Å²) >= 11 is 0. The molecule has 88 valence electrons. The van der Waals surface area contributed by atoms with Crippen LogP contribution in [0.1, 0.15) is 19.3 Å². The van der Waals surface area contributed by atoms with Crippen LogP contribution in [0.3, 0.4) is 0 Å². The third-order valence-electron chi connectivity index (χ3n) is 3.92. The molecule has 0 heterocycles. The molecule has 0 spiro atoms. The summed E-state index contributed by atoms with van der Waals surface area (Å²) in [6.07, 6.45) is 4.48. The van der Waals surface area contributed by atoms with E-state index < -0.39 is 11.9 Å². The first-order valence-corrected chi connectivity index (χ1v) is 5.76. The maximum Gasteiger partial charge on any atom is 0.307 e. The lowest BCUT2D eigenvalue weighted by molar-refractivity contribution is -0.149. The highest BCUT2D eigenvalue weighted by atomic mass is 16.4. The average molecular weight is 223 g/mol. The second-order valence-electron chi connectivity index (χ2n) is 4.76. The van der Waals surface area contributed by atoms with Gasteiger partial charge in [-0.3, -0.25) is 9.59 Å². The zero-order valence-corrected chi connectivity index (χ0v) is 9.19. The van der Waals surface area contributed by atoms with Gasteiger partial charge in [-0.1, -0.05) is 6.08 Å². The Bertz CT molecular complexity index is 326. The standard InChI is InChI=1S/C12H17NO3/c1-2-5-13-11(14)9-7-3-4-8(6-7)10(9)12(15)16/h2,7-10H,1,3-6H2,(H,13,14)(H,15,16)/t7-,8-,9-,10+/m0/s1. The highest BCUT2D eigenvalue weighted by Gasteiger charge is 2.53. The number of carbonyl (C=O) groups is 2. The third-order valence-corrected chi connectivity index (χ3v) is 3.92. The van der Waals surface area contributed by atoms with Crippen LogP contribution in [0.2, 0.25) is 0 Å². The Kier molecular flexibility index (Phi) is 2.99. The van der Waals surface area contributed by atoms with Crippen LogP contribution in [0.15, 0.2) is 12.7 Å². The number of nitrogens with one attached hydrogen (secondary N) is 1. The van der Waals surface area contributed by atoms with Gasteiger partial charge in [0.05, 0.1) is 11.8 Å². The summed E-state index contributed by atoms with van der Waals surface area (Å²) in [5.41, 5.74) is 0. The summed E-state index contributed by atoms with van der Waals surface area (Å²) < 4.78 is 0. The van der Waals surface area contributed by atoms with E-state index in [1.54, 1.807) is 6.08 Å². The van der Waals surface area contributed by atoms with Gasteiger partial charge >= 0.3 is 5.97 Å². The van der Waals surface area contributed by atoms with Gasteiger partial charge in [0.2, 0.25) is 5.91 Å². The van der Waals surface area contributed by atoms with Crippen molar-refractivity contribution in [2.45, 2.75) is 19.3 Å². The van der Waals surface area contributed by atoms with Gasteiger partial charge in [0.15, 0.2) is 0 Å². The van der Waals surface area contributed by atoms with Gasteiger partial charge in [0, 0.05) is 6.54 Å². The highest BCUT2D eigenvalue weighted by molar-refractivity contribution is 5.86. The normalized spacial score (nSPS) is 36.0. The van der Waals surface area contributed by atoms with E-state index in [1.165, 1.54) is 0 Å². The van der Waals surface area contributed by atoms with Crippen LogP contribution in [-0.4, -0.2) is 23.5 Å². The minimum Gasteiger partial charge on any atom is -0.481 e. The van der Waals surface area contributed by atoms with Crippen LogP contribution >= 0.6 is 0 Å². The minimum absolute atomic E-state index is 0.112. The van der Waals surface area contributed by atoms with Crippen molar-refractivity contribution in [1.29, 1.82) is 0 Å². The molecular formula is C12H17NO3. The predicted molar refractivity (Wildman–Crippen MR) is 58.7 cm³/mol. The molecule has 2 rings (SSSR count). The predicted octanol–water partition coefficient (Wildman–Crippen LogP) is 1.04. The number of hydrogen-bond donors (Lipinski definition) is 2. The fraction of sp³-hybridized carbons (Fsp3) is 0.667. The molecule has 0 aliphatic heterocycles. The molecule has 2 aliphatic rings. The maximum absolute atomic E-state index is 11.9. The number of rotatable bonds is 4. The van der Waals surface area contributed by atoms with Gasteiger partial charge in [-0.2, -0.15) is 0 Å². The summed E-state index contributed by atoms with van der Waals surface area (Å²) in [4.78, 5) is 23.1. The van der Waals surface area contributed by atoms with Crippen LogP contribution in [0.25, 0.3) is 0 Å². The molecule has 2 aliphatic carbocycles. The number of carboxylic acids is 1. The lowest BCUT2D eigenvalue weighted by atomic mass is 9.79. The second-order valence-corrected chi connectivity index (χ2v) is 4.76. The zero-order chi connectivity index (χ0) is 11.7. The third kappa shape index (κ3) is 1.72. The number of aliphatic carboxylic acids is 1. The molecule has 0 aromatic rings. The van der Waals surface area contributed by atoms with E-state index in [4.69, 9.17) is 0 Å². The largest absolute Gasteiger partial charge is 0.481 e. The second kappa shape index (κ2) is 4.28. The zero-order valence-electron chi connectivity index (χ0n) is 9.19. The van der Waals surface area contributed by atoms with E-state index in [0.29, 0.717) is 6.54 Å². The van der Waals surface area contributed by atoms with Gasteiger partial charge in [0.1, 0.15) is 0 Å². The Morgan fingerprint density at radius 1 is 1.31 bits per heavy atom. The molecule has 2 fully saturated rings. The Morgan fingerprint density at radius 3 is 2.50 bits per heavy atom. The van der Waals surface area contributed by atoms with Crippen molar-refractivity contribution in [3.05, 3.63) is 12.7 Å². The summed E-state index contributed by atoms with van der Waals surface area (Å²) in [6, 6.07) is 0. The fourth-order valence-electron chi connectivity index (χ4n) is 3.31. The molecular weight excluding hydrogens is 206 g/mol. The molecule has 0 unspecified atom stereocenters. The first-order valence-electron chi connectivity index (χ1n) is 5.76. The fourth-order valence-corrected chi connectivity index (χ4v) is 3.31. The molecule has 4 atom stereocenters. The molecule has 0 aromatic heterocycles. The molecule has 4 heteroatoms. The van der Waals surface area contributed by atoms with Crippen LogP contribution in [-0.2, 0) is 9.59 Å². The Morgan fingerprint density at radius 2 is 1.94 bits per heavy atom. The van der Waals surface area contributed by atoms with E-state index in [0.717, 1.165) is 19.3 Å². The van der Waals surface area contributed by atoms with Gasteiger partial charge in [-0.15, -0.1) is 6.58 Å². The van der Waals surface area contributed by atoms with Gasteiger partial charge in [-0.05, 0) is 31.1 Å². The minimum atomic E-state index is -0.814. The molecule has 0 radical (unpaired) electrons. The van der Waals surface area contributed by atoms with Crippen LogP contribution in [0.4, 0.5) is 0 Å². The lowest BCUT2D eigenvalue weighted by Gasteiger charge is -2.26. The number of carboxylic acid groups (broad SMARTS) is 1. The van der Waals surface area contributed by atoms with Crippen molar-refractivity contribution in [2.75, 3.05) is 6.54 Å². The van der Waals surface area contributed by atoms with E-state index in [1.807, 2.05) is 0 Å². The SMILES string of the molecule is C=CCNC(=O)[C@H]1[C@H]2CC[C@@H](C2)[C@H]1C(=O)O. The molecule has 1 amide bonds. The number of carbonyl (C=O) groups excluding carboxylic acids is 1. The first-order chi connectivity index (χ1) is 7.65. The molecule has 4 nitrogen and oxygen atoms in total. The smallest absolute Gasteiger partial charge is 0.307 e. The Hall–Kier alpha value is -1.32. The maximum atomic E-state index is 11.9. The summed E-state index contributed by atoms with van der Waals surface area (Å²) in [6.45, 7) is 3.95.